The van der Waals surface area contributed by atoms with Gasteiger partial charge in [-0.2, -0.15) is 0 Å². The molecule has 1 N–H and O–H groups in total. The molecule has 128 valence electrons. The number of hydrogen-bond donors (Lipinski definition) is 1. The van der Waals surface area contributed by atoms with Crippen LogP contribution < -0.4 is 5.32 Å². The van der Waals surface area contributed by atoms with Gasteiger partial charge < -0.3 is 9.73 Å². The Morgan fingerprint density at radius 2 is 1.92 bits per heavy atom. The molecule has 0 spiro atoms. The van der Waals surface area contributed by atoms with Crippen molar-refractivity contribution in [2.45, 2.75) is 20.3 Å². The minimum absolute atomic E-state index is 0.129. The van der Waals surface area contributed by atoms with Crippen LogP contribution in [0.3, 0.4) is 0 Å². The van der Waals surface area contributed by atoms with Crippen molar-refractivity contribution >= 4 is 11.4 Å². The van der Waals surface area contributed by atoms with E-state index in [-0.39, 0.29) is 10.6 Å². The van der Waals surface area contributed by atoms with Gasteiger partial charge in [-0.25, -0.2) is 4.98 Å². The average molecular weight is 337 g/mol. The van der Waals surface area contributed by atoms with Gasteiger partial charge in [-0.1, -0.05) is 17.7 Å². The zero-order valence-corrected chi connectivity index (χ0v) is 14.2. The van der Waals surface area contributed by atoms with E-state index in [9.17, 15) is 10.1 Å². The summed E-state index contributed by atoms with van der Waals surface area (Å²) in [7, 11) is 0. The summed E-state index contributed by atoms with van der Waals surface area (Å²) < 4.78 is 5.54. The van der Waals surface area contributed by atoms with Crippen LogP contribution in [0, 0.1) is 24.0 Å². The first-order valence-electron chi connectivity index (χ1n) is 8.03. The summed E-state index contributed by atoms with van der Waals surface area (Å²) in [6.07, 6.45) is 2.36. The second-order valence-corrected chi connectivity index (χ2v) is 5.95. The fraction of sp³-hybridized carbons (Fsp3) is 0.211. The minimum atomic E-state index is -0.374. The third kappa shape index (κ3) is 4.03. The number of nitrogens with zero attached hydrogens (tertiary/aromatic N) is 2. The highest BCUT2D eigenvalue weighted by Gasteiger charge is 2.10. The molecule has 0 radical (unpaired) electrons. The van der Waals surface area contributed by atoms with Gasteiger partial charge >= 0.3 is 0 Å². The molecule has 2 aromatic carbocycles. The molecule has 0 aliphatic carbocycles. The first kappa shape index (κ1) is 16.7. The monoisotopic (exact) mass is 337 g/mol. The Kier molecular flexibility index (Phi) is 4.79. The molecule has 0 saturated carbocycles. The standard InChI is InChI=1S/C19H19N3O3/c1-13-3-5-15(6-4-13)19-21-17(12-25-19)9-10-20-16-7-8-18(22(23)24)14(2)11-16/h3-8,11-12,20H,9-10H2,1-2H3. The van der Waals surface area contributed by atoms with Crippen LogP contribution in [0.25, 0.3) is 11.5 Å². The Labute approximate surface area is 145 Å². The summed E-state index contributed by atoms with van der Waals surface area (Å²) >= 11 is 0. The Morgan fingerprint density at radius 3 is 2.60 bits per heavy atom. The quantitative estimate of drug-likeness (QED) is 0.528. The molecule has 1 heterocycles. The minimum Gasteiger partial charge on any atom is -0.444 e. The smallest absolute Gasteiger partial charge is 0.272 e. The summed E-state index contributed by atoms with van der Waals surface area (Å²) in [5, 5.41) is 14.1. The molecule has 0 amide bonds. The average Bonchev–Trinajstić information content (AvgIpc) is 3.04. The van der Waals surface area contributed by atoms with Crippen LogP contribution in [0.2, 0.25) is 0 Å². The number of hydrogen-bond acceptors (Lipinski definition) is 5. The van der Waals surface area contributed by atoms with Gasteiger partial charge in [0.1, 0.15) is 6.26 Å². The maximum Gasteiger partial charge on any atom is 0.272 e. The summed E-state index contributed by atoms with van der Waals surface area (Å²) in [6.45, 7) is 4.43. The lowest BCUT2D eigenvalue weighted by atomic mass is 10.1. The highest BCUT2D eigenvalue weighted by atomic mass is 16.6. The predicted molar refractivity (Wildman–Crippen MR) is 96.7 cm³/mol. The van der Waals surface area contributed by atoms with Crippen molar-refractivity contribution in [3.05, 3.63) is 75.7 Å². The maximum atomic E-state index is 10.8. The fourth-order valence-electron chi connectivity index (χ4n) is 2.56. The van der Waals surface area contributed by atoms with E-state index in [1.165, 1.54) is 11.6 Å². The van der Waals surface area contributed by atoms with E-state index < -0.39 is 0 Å². The summed E-state index contributed by atoms with van der Waals surface area (Å²) in [6, 6.07) is 13.0. The van der Waals surface area contributed by atoms with Gasteiger partial charge in [0.15, 0.2) is 0 Å². The van der Waals surface area contributed by atoms with Crippen LogP contribution in [-0.4, -0.2) is 16.5 Å². The molecule has 25 heavy (non-hydrogen) atoms. The molecule has 6 nitrogen and oxygen atoms in total. The number of oxazole rings is 1. The number of anilines is 1. The molecule has 0 aliphatic rings. The van der Waals surface area contributed by atoms with E-state index in [0.29, 0.717) is 24.4 Å². The number of nitro groups is 1. The van der Waals surface area contributed by atoms with Crippen molar-refractivity contribution in [2.75, 3.05) is 11.9 Å². The third-order valence-electron chi connectivity index (χ3n) is 3.95. The number of benzene rings is 2. The van der Waals surface area contributed by atoms with E-state index in [1.54, 1.807) is 25.3 Å². The summed E-state index contributed by atoms with van der Waals surface area (Å²) in [5.74, 6) is 0.612. The lowest BCUT2D eigenvalue weighted by Crippen LogP contribution is -2.05. The molecular formula is C19H19N3O3. The molecular weight excluding hydrogens is 318 g/mol. The molecule has 0 aliphatic heterocycles. The molecule has 3 aromatic rings. The van der Waals surface area contributed by atoms with Crippen LogP contribution in [0.1, 0.15) is 16.8 Å². The maximum absolute atomic E-state index is 10.8. The Hall–Kier alpha value is -3.15. The van der Waals surface area contributed by atoms with Crippen molar-refractivity contribution < 1.29 is 9.34 Å². The molecule has 0 saturated heterocycles. The molecule has 3 rings (SSSR count). The van der Waals surface area contributed by atoms with Crippen molar-refractivity contribution in [2.24, 2.45) is 0 Å². The van der Waals surface area contributed by atoms with Crippen LogP contribution >= 0.6 is 0 Å². The SMILES string of the molecule is Cc1ccc(-c2nc(CCNc3ccc([N+](=O)[O-])c(C)c3)co2)cc1. The van der Waals surface area contributed by atoms with Gasteiger partial charge in [0.2, 0.25) is 5.89 Å². The van der Waals surface area contributed by atoms with Gasteiger partial charge in [-0.05, 0) is 38.1 Å². The second kappa shape index (κ2) is 7.17. The summed E-state index contributed by atoms with van der Waals surface area (Å²) in [4.78, 5) is 15.0. The molecule has 0 atom stereocenters. The van der Waals surface area contributed by atoms with Crippen molar-refractivity contribution in [3.8, 4) is 11.5 Å². The Morgan fingerprint density at radius 1 is 1.16 bits per heavy atom. The van der Waals surface area contributed by atoms with Crippen LogP contribution in [-0.2, 0) is 6.42 Å². The normalized spacial score (nSPS) is 10.6. The van der Waals surface area contributed by atoms with Crippen LogP contribution in [0.15, 0.2) is 53.1 Å². The van der Waals surface area contributed by atoms with Gasteiger partial charge in [0.05, 0.1) is 10.6 Å². The van der Waals surface area contributed by atoms with Crippen molar-refractivity contribution in [3.63, 3.8) is 0 Å². The molecule has 0 fully saturated rings. The van der Waals surface area contributed by atoms with Crippen molar-refractivity contribution in [1.29, 1.82) is 0 Å². The molecule has 1 aromatic heterocycles. The Balaban J connectivity index is 1.58. The van der Waals surface area contributed by atoms with E-state index in [0.717, 1.165) is 16.9 Å². The van der Waals surface area contributed by atoms with E-state index in [4.69, 9.17) is 4.42 Å². The number of nitro benzene ring substituents is 1. The number of rotatable bonds is 6. The summed E-state index contributed by atoms with van der Waals surface area (Å²) in [5.41, 5.74) is 4.63. The van der Waals surface area contributed by atoms with Crippen LogP contribution in [0.4, 0.5) is 11.4 Å². The Bertz CT molecular complexity index is 885. The first-order chi connectivity index (χ1) is 12.0. The van der Waals surface area contributed by atoms with Gasteiger partial charge in [0, 0.05) is 35.8 Å². The van der Waals surface area contributed by atoms with Gasteiger partial charge in [-0.3, -0.25) is 10.1 Å². The van der Waals surface area contributed by atoms with E-state index >= 15 is 0 Å². The second-order valence-electron chi connectivity index (χ2n) is 5.95. The number of aryl methyl sites for hydroxylation is 2. The lowest BCUT2D eigenvalue weighted by Gasteiger charge is -2.06. The van der Waals surface area contributed by atoms with Crippen molar-refractivity contribution in [1.82, 2.24) is 4.98 Å². The largest absolute Gasteiger partial charge is 0.444 e. The molecule has 6 heteroatoms. The van der Waals surface area contributed by atoms with Gasteiger partial charge in [0.25, 0.3) is 5.69 Å². The van der Waals surface area contributed by atoms with Crippen LogP contribution in [0.5, 0.6) is 0 Å². The van der Waals surface area contributed by atoms with E-state index in [2.05, 4.69) is 10.3 Å². The topological polar surface area (TPSA) is 81.2 Å². The lowest BCUT2D eigenvalue weighted by molar-refractivity contribution is -0.385. The highest BCUT2D eigenvalue weighted by Crippen LogP contribution is 2.22. The zero-order valence-electron chi connectivity index (χ0n) is 14.2. The predicted octanol–water partition coefficient (Wildman–Crippen LogP) is 4.52. The van der Waals surface area contributed by atoms with Gasteiger partial charge in [-0.15, -0.1) is 0 Å². The number of nitrogens with one attached hydrogen (secondary N) is 1. The fourth-order valence-corrected chi connectivity index (χ4v) is 2.56. The zero-order chi connectivity index (χ0) is 17.8. The first-order valence-corrected chi connectivity index (χ1v) is 8.03. The molecule has 0 unspecified atom stereocenters. The third-order valence-corrected chi connectivity index (χ3v) is 3.95. The number of aromatic nitrogens is 1. The molecule has 0 bridgehead atoms. The highest BCUT2D eigenvalue weighted by molar-refractivity contribution is 5.54. The van der Waals surface area contributed by atoms with E-state index in [1.807, 2.05) is 31.2 Å².